The Kier molecular flexibility index (Phi) is 6.83. The van der Waals surface area contributed by atoms with Crippen molar-refractivity contribution in [1.82, 2.24) is 14.9 Å². The van der Waals surface area contributed by atoms with Crippen molar-refractivity contribution < 1.29 is 22.5 Å². The molecule has 166 valence electrons. The average molecular weight is 447 g/mol. The van der Waals surface area contributed by atoms with Crippen LogP contribution in [0.2, 0.25) is 0 Å². The van der Waals surface area contributed by atoms with Gasteiger partial charge >= 0.3 is 0 Å². The molecule has 0 atom stereocenters. The highest BCUT2D eigenvalue weighted by Gasteiger charge is 2.17. The fraction of sp³-hybridized carbons (Fsp3) is 0.381. The smallest absolute Gasteiger partial charge is 0.262 e. The van der Waals surface area contributed by atoms with Crippen LogP contribution in [0.25, 0.3) is 11.0 Å². The van der Waals surface area contributed by atoms with E-state index < -0.39 is 10.0 Å². The van der Waals surface area contributed by atoms with Crippen LogP contribution < -0.4 is 15.4 Å². The summed E-state index contributed by atoms with van der Waals surface area (Å²) < 4.78 is 35.6. The third-order valence-electron chi connectivity index (χ3n) is 5.26. The number of benzene rings is 2. The molecule has 3 aromatic rings. The Morgan fingerprint density at radius 2 is 1.94 bits per heavy atom. The number of rotatable bonds is 9. The summed E-state index contributed by atoms with van der Waals surface area (Å²) in [7, 11) is -3.76. The first-order chi connectivity index (χ1) is 15.0. The molecule has 1 saturated heterocycles. The monoisotopic (exact) mass is 446 g/mol. The van der Waals surface area contributed by atoms with Gasteiger partial charge in [-0.2, -0.15) is 0 Å². The molecule has 1 aliphatic rings. The van der Waals surface area contributed by atoms with E-state index in [1.165, 1.54) is 12.1 Å². The molecule has 10 heteroatoms. The van der Waals surface area contributed by atoms with E-state index in [1.807, 2.05) is 12.1 Å². The zero-order valence-corrected chi connectivity index (χ0v) is 17.9. The molecule has 0 aliphatic carbocycles. The lowest BCUT2D eigenvalue weighted by Gasteiger charge is -2.29. The molecule has 0 amide bonds. The van der Waals surface area contributed by atoms with Crippen molar-refractivity contribution in [3.8, 4) is 5.75 Å². The number of sulfonamides is 1. The second-order valence-corrected chi connectivity index (χ2v) is 9.15. The third-order valence-corrected chi connectivity index (χ3v) is 6.49. The molecule has 0 spiro atoms. The summed E-state index contributed by atoms with van der Waals surface area (Å²) in [6.45, 7) is 3.36. The summed E-state index contributed by atoms with van der Waals surface area (Å²) in [5.41, 5.74) is 6.97. The van der Waals surface area contributed by atoms with Gasteiger partial charge in [-0.25, -0.2) is 8.42 Å². The van der Waals surface area contributed by atoms with Crippen molar-refractivity contribution in [3.63, 3.8) is 0 Å². The minimum absolute atomic E-state index is 0.0731. The van der Waals surface area contributed by atoms with E-state index in [0.29, 0.717) is 29.7 Å². The number of likely N-dealkylation sites (tertiary alicyclic amines) is 1. The van der Waals surface area contributed by atoms with E-state index >= 15 is 0 Å². The molecule has 0 unspecified atom stereocenters. The summed E-state index contributed by atoms with van der Waals surface area (Å²) >= 11 is 0. The SMILES string of the molecule is NC1CCN(CCOc2ccc3c(CONS(=O)(=O)c4ccccc4)noc3c2)CC1. The van der Waals surface area contributed by atoms with Gasteiger partial charge in [-0.05, 0) is 50.2 Å². The topological polar surface area (TPSA) is 120 Å². The maximum atomic E-state index is 12.2. The van der Waals surface area contributed by atoms with Crippen LogP contribution in [-0.4, -0.2) is 50.8 Å². The number of hydrogen-bond donors (Lipinski definition) is 2. The van der Waals surface area contributed by atoms with Crippen molar-refractivity contribution in [2.24, 2.45) is 5.73 Å². The standard InChI is InChI=1S/C21H26N4O5S/c22-16-8-10-25(11-9-16)12-13-28-17-6-7-19-20(23-30-21(19)14-17)15-29-24-31(26,27)18-4-2-1-3-5-18/h1-7,14,16,24H,8-13,15,22H2. The molecular formula is C21H26N4O5S. The quantitative estimate of drug-likeness (QED) is 0.479. The lowest BCUT2D eigenvalue weighted by molar-refractivity contribution is 0.0760. The zero-order valence-electron chi connectivity index (χ0n) is 17.1. The third kappa shape index (κ3) is 5.60. The van der Waals surface area contributed by atoms with Gasteiger partial charge in [0.25, 0.3) is 10.0 Å². The number of nitrogens with zero attached hydrogens (tertiary/aromatic N) is 2. The molecule has 31 heavy (non-hydrogen) atoms. The predicted octanol–water partition coefficient (Wildman–Crippen LogP) is 2.04. The number of aromatic nitrogens is 1. The molecule has 0 bridgehead atoms. The Morgan fingerprint density at radius 1 is 1.16 bits per heavy atom. The molecule has 1 aliphatic heterocycles. The van der Waals surface area contributed by atoms with E-state index in [0.717, 1.165) is 37.9 Å². The summed E-state index contributed by atoms with van der Waals surface area (Å²) in [5.74, 6) is 0.689. The largest absolute Gasteiger partial charge is 0.492 e. The number of fused-ring (bicyclic) bond motifs is 1. The summed E-state index contributed by atoms with van der Waals surface area (Å²) in [6, 6.07) is 13.7. The van der Waals surface area contributed by atoms with Gasteiger partial charge in [-0.15, -0.1) is 0 Å². The molecule has 1 fully saturated rings. The maximum Gasteiger partial charge on any atom is 0.262 e. The first-order valence-electron chi connectivity index (χ1n) is 10.2. The minimum Gasteiger partial charge on any atom is -0.492 e. The van der Waals surface area contributed by atoms with Gasteiger partial charge in [0.15, 0.2) is 5.58 Å². The molecule has 2 aromatic carbocycles. The number of hydrogen-bond acceptors (Lipinski definition) is 8. The highest BCUT2D eigenvalue weighted by atomic mass is 32.2. The Bertz CT molecular complexity index is 1100. The molecule has 9 nitrogen and oxygen atoms in total. The van der Waals surface area contributed by atoms with Gasteiger partial charge < -0.3 is 15.0 Å². The van der Waals surface area contributed by atoms with Crippen LogP contribution in [0.3, 0.4) is 0 Å². The first-order valence-corrected chi connectivity index (χ1v) is 11.7. The zero-order chi connectivity index (χ0) is 21.7. The van der Waals surface area contributed by atoms with Gasteiger partial charge in [0, 0.05) is 24.0 Å². The van der Waals surface area contributed by atoms with Crippen molar-refractivity contribution in [1.29, 1.82) is 0 Å². The number of nitrogens with one attached hydrogen (secondary N) is 1. The molecule has 4 rings (SSSR count). The van der Waals surface area contributed by atoms with Crippen LogP contribution in [-0.2, 0) is 21.5 Å². The second-order valence-electron chi connectivity index (χ2n) is 7.50. The lowest BCUT2D eigenvalue weighted by Crippen LogP contribution is -2.41. The average Bonchev–Trinajstić information content (AvgIpc) is 3.18. The van der Waals surface area contributed by atoms with E-state index in [1.54, 1.807) is 24.3 Å². The molecular weight excluding hydrogens is 420 g/mol. The highest BCUT2D eigenvalue weighted by Crippen LogP contribution is 2.24. The van der Waals surface area contributed by atoms with Gasteiger partial charge in [-0.3, -0.25) is 9.74 Å². The Hall–Kier alpha value is -2.50. The number of ether oxygens (including phenoxy) is 1. The van der Waals surface area contributed by atoms with Gasteiger partial charge in [-0.1, -0.05) is 28.2 Å². The molecule has 0 saturated carbocycles. The second kappa shape index (κ2) is 9.75. The van der Waals surface area contributed by atoms with Gasteiger partial charge in [0.1, 0.15) is 24.7 Å². The Morgan fingerprint density at radius 3 is 2.71 bits per heavy atom. The highest BCUT2D eigenvalue weighted by molar-refractivity contribution is 7.89. The van der Waals surface area contributed by atoms with E-state index in [2.05, 4.69) is 14.9 Å². The minimum atomic E-state index is -3.76. The van der Waals surface area contributed by atoms with Crippen LogP contribution in [0, 0.1) is 0 Å². The van der Waals surface area contributed by atoms with E-state index in [4.69, 9.17) is 19.8 Å². The number of piperidine rings is 1. The molecule has 0 radical (unpaired) electrons. The summed E-state index contributed by atoms with van der Waals surface area (Å²) in [4.78, 5) is 9.74. The van der Waals surface area contributed by atoms with Crippen molar-refractivity contribution in [2.45, 2.75) is 30.4 Å². The van der Waals surface area contributed by atoms with E-state index in [-0.39, 0.29) is 11.5 Å². The maximum absolute atomic E-state index is 12.2. The number of nitrogens with two attached hydrogens (primary N) is 1. The van der Waals surface area contributed by atoms with Gasteiger partial charge in [0.05, 0.1) is 4.90 Å². The van der Waals surface area contributed by atoms with Crippen LogP contribution >= 0.6 is 0 Å². The summed E-state index contributed by atoms with van der Waals surface area (Å²) in [5, 5.41) is 4.71. The van der Waals surface area contributed by atoms with Crippen LogP contribution in [0.5, 0.6) is 5.75 Å². The molecule has 3 N–H and O–H groups in total. The van der Waals surface area contributed by atoms with Crippen LogP contribution in [0.1, 0.15) is 18.5 Å². The normalized spacial score (nSPS) is 16.0. The molecule has 1 aromatic heterocycles. The van der Waals surface area contributed by atoms with Crippen molar-refractivity contribution in [3.05, 3.63) is 54.2 Å². The summed E-state index contributed by atoms with van der Waals surface area (Å²) in [6.07, 6.45) is 2.05. The van der Waals surface area contributed by atoms with Crippen LogP contribution in [0.4, 0.5) is 0 Å². The Labute approximate surface area is 181 Å². The van der Waals surface area contributed by atoms with Gasteiger partial charge in [0.2, 0.25) is 0 Å². The van der Waals surface area contributed by atoms with Crippen LogP contribution in [0.15, 0.2) is 57.9 Å². The van der Waals surface area contributed by atoms with Crippen molar-refractivity contribution >= 4 is 21.0 Å². The predicted molar refractivity (Wildman–Crippen MR) is 115 cm³/mol. The fourth-order valence-corrected chi connectivity index (χ4v) is 4.28. The first kappa shape index (κ1) is 21.7. The Balaban J connectivity index is 1.29. The van der Waals surface area contributed by atoms with Crippen molar-refractivity contribution in [2.75, 3.05) is 26.2 Å². The van der Waals surface area contributed by atoms with E-state index in [9.17, 15) is 8.42 Å². The molecule has 2 heterocycles. The lowest BCUT2D eigenvalue weighted by atomic mass is 10.1. The fourth-order valence-electron chi connectivity index (χ4n) is 3.46.